The van der Waals surface area contributed by atoms with Crippen LogP contribution in [0, 0.1) is 5.82 Å². The molecule has 3 heterocycles. The molecule has 3 aromatic rings. The first-order valence-electron chi connectivity index (χ1n) is 13.4. The third kappa shape index (κ3) is 5.45. The van der Waals surface area contributed by atoms with Crippen molar-refractivity contribution in [1.82, 2.24) is 14.8 Å². The molecular formula is C30H36FN3O5. The van der Waals surface area contributed by atoms with E-state index in [4.69, 9.17) is 14.2 Å². The Morgan fingerprint density at radius 1 is 1.15 bits per heavy atom. The Balaban J connectivity index is 1.30. The van der Waals surface area contributed by atoms with Crippen LogP contribution < -0.4 is 10.1 Å². The standard InChI is InChI=1S/C30H36FN3O5/c1-29(2,3)39-28(36)32-17-20-8-9-25-23(16-20)30(19-38-25)10-12-33(13-11-30)27(35)22-18-34(14-15-37-4)26-21(22)6-5-7-24(26)31/h5-9,16,18H,10-15,17,19H2,1-4H3,(H,32,36). The molecule has 208 valence electrons. The largest absolute Gasteiger partial charge is 0.492 e. The maximum Gasteiger partial charge on any atom is 0.407 e. The van der Waals surface area contributed by atoms with E-state index < -0.39 is 11.7 Å². The molecule has 1 N–H and O–H groups in total. The minimum Gasteiger partial charge on any atom is -0.492 e. The highest BCUT2D eigenvalue weighted by atomic mass is 19.1. The SMILES string of the molecule is COCCn1cc(C(=O)N2CCC3(CC2)COc2ccc(CNC(=O)OC(C)(C)C)cc23)c2cccc(F)c21. The summed E-state index contributed by atoms with van der Waals surface area (Å²) >= 11 is 0. The van der Waals surface area contributed by atoms with Gasteiger partial charge in [0.05, 0.1) is 24.3 Å². The summed E-state index contributed by atoms with van der Waals surface area (Å²) in [6.45, 7) is 8.44. The van der Waals surface area contributed by atoms with Gasteiger partial charge < -0.3 is 29.0 Å². The van der Waals surface area contributed by atoms with Gasteiger partial charge >= 0.3 is 6.09 Å². The fourth-order valence-electron chi connectivity index (χ4n) is 5.58. The molecule has 2 aliphatic rings. The number of halogens is 1. The molecule has 2 aliphatic heterocycles. The second kappa shape index (κ2) is 10.5. The van der Waals surface area contributed by atoms with Gasteiger partial charge in [0, 0.05) is 55.9 Å². The number of alkyl carbamates (subject to hydrolysis) is 1. The van der Waals surface area contributed by atoms with Crippen LogP contribution in [0.1, 0.15) is 55.1 Å². The van der Waals surface area contributed by atoms with Crippen molar-refractivity contribution < 1.29 is 28.2 Å². The number of hydrogen-bond donors (Lipinski definition) is 1. The third-order valence-corrected chi connectivity index (χ3v) is 7.58. The number of rotatable bonds is 6. The molecule has 0 radical (unpaired) electrons. The monoisotopic (exact) mass is 537 g/mol. The van der Waals surface area contributed by atoms with E-state index in [1.165, 1.54) is 6.07 Å². The number of para-hydroxylation sites is 1. The van der Waals surface area contributed by atoms with E-state index in [1.807, 2.05) is 37.8 Å². The molecular weight excluding hydrogens is 501 g/mol. The molecule has 1 fully saturated rings. The Hall–Kier alpha value is -3.59. The average molecular weight is 538 g/mol. The number of carbonyl (C=O) groups is 2. The molecule has 9 heteroatoms. The van der Waals surface area contributed by atoms with Crippen LogP contribution in [0.3, 0.4) is 0 Å². The first-order valence-corrected chi connectivity index (χ1v) is 13.4. The summed E-state index contributed by atoms with van der Waals surface area (Å²) in [4.78, 5) is 27.6. The van der Waals surface area contributed by atoms with Gasteiger partial charge in [-0.25, -0.2) is 9.18 Å². The van der Waals surface area contributed by atoms with Gasteiger partial charge in [0.15, 0.2) is 0 Å². The molecule has 1 spiro atoms. The number of ether oxygens (including phenoxy) is 3. The van der Waals surface area contributed by atoms with Crippen LogP contribution in [0.25, 0.3) is 10.9 Å². The predicted molar refractivity (Wildman–Crippen MR) is 146 cm³/mol. The zero-order valence-electron chi connectivity index (χ0n) is 23.0. The van der Waals surface area contributed by atoms with Gasteiger partial charge in [0.25, 0.3) is 5.91 Å². The molecule has 0 atom stereocenters. The van der Waals surface area contributed by atoms with E-state index in [0.29, 0.717) is 55.9 Å². The van der Waals surface area contributed by atoms with Crippen LogP contribution in [0.5, 0.6) is 5.75 Å². The number of benzene rings is 2. The summed E-state index contributed by atoms with van der Waals surface area (Å²) in [5.41, 5.74) is 2.28. The van der Waals surface area contributed by atoms with Crippen molar-refractivity contribution in [3.05, 3.63) is 65.1 Å². The van der Waals surface area contributed by atoms with Crippen LogP contribution in [0.15, 0.2) is 42.6 Å². The molecule has 2 aromatic carbocycles. The summed E-state index contributed by atoms with van der Waals surface area (Å²) in [6, 6.07) is 10.9. The van der Waals surface area contributed by atoms with Crippen molar-refractivity contribution in [2.75, 3.05) is 33.4 Å². The fourth-order valence-corrected chi connectivity index (χ4v) is 5.58. The zero-order chi connectivity index (χ0) is 27.8. The van der Waals surface area contributed by atoms with Crippen molar-refractivity contribution >= 4 is 22.9 Å². The summed E-state index contributed by atoms with van der Waals surface area (Å²) in [5.74, 6) is 0.412. The van der Waals surface area contributed by atoms with Crippen LogP contribution >= 0.6 is 0 Å². The summed E-state index contributed by atoms with van der Waals surface area (Å²) in [6.07, 6.45) is 2.80. The number of nitrogens with one attached hydrogen (secondary N) is 1. The Morgan fingerprint density at radius 2 is 1.92 bits per heavy atom. The third-order valence-electron chi connectivity index (χ3n) is 7.58. The molecule has 2 amide bonds. The Morgan fingerprint density at radius 3 is 2.64 bits per heavy atom. The first-order chi connectivity index (χ1) is 18.6. The molecule has 5 rings (SSSR count). The minimum atomic E-state index is -0.557. The molecule has 0 aliphatic carbocycles. The Bertz CT molecular complexity index is 1390. The van der Waals surface area contributed by atoms with Gasteiger partial charge in [-0.3, -0.25) is 4.79 Å². The van der Waals surface area contributed by atoms with E-state index in [-0.39, 0.29) is 17.1 Å². The van der Waals surface area contributed by atoms with Crippen molar-refractivity contribution in [3.8, 4) is 5.75 Å². The number of nitrogens with zero attached hydrogens (tertiary/aromatic N) is 2. The minimum absolute atomic E-state index is 0.0916. The van der Waals surface area contributed by atoms with Crippen molar-refractivity contribution in [1.29, 1.82) is 0 Å². The molecule has 39 heavy (non-hydrogen) atoms. The number of piperidine rings is 1. The summed E-state index contributed by atoms with van der Waals surface area (Å²) in [5, 5.41) is 3.44. The molecule has 0 saturated carbocycles. The summed E-state index contributed by atoms with van der Waals surface area (Å²) in [7, 11) is 1.60. The zero-order valence-corrected chi connectivity index (χ0v) is 23.0. The molecule has 0 bridgehead atoms. The highest BCUT2D eigenvalue weighted by molar-refractivity contribution is 6.07. The predicted octanol–water partition coefficient (Wildman–Crippen LogP) is 5.02. The number of hydrogen-bond acceptors (Lipinski definition) is 5. The maximum atomic E-state index is 14.7. The van der Waals surface area contributed by atoms with Gasteiger partial charge in [-0.2, -0.15) is 0 Å². The number of carbonyl (C=O) groups excluding carboxylic acids is 2. The second-order valence-electron chi connectivity index (χ2n) is 11.4. The van der Waals surface area contributed by atoms with Crippen LogP contribution in [-0.4, -0.2) is 60.5 Å². The number of likely N-dealkylation sites (tertiary alicyclic amines) is 1. The summed E-state index contributed by atoms with van der Waals surface area (Å²) < 4.78 is 33.1. The van der Waals surface area contributed by atoms with E-state index in [0.717, 1.165) is 29.7 Å². The number of aromatic nitrogens is 1. The van der Waals surface area contributed by atoms with E-state index in [2.05, 4.69) is 11.4 Å². The smallest absolute Gasteiger partial charge is 0.407 e. The molecule has 0 unspecified atom stereocenters. The number of fused-ring (bicyclic) bond motifs is 3. The maximum absolute atomic E-state index is 14.7. The van der Waals surface area contributed by atoms with Gasteiger partial charge in [0.2, 0.25) is 0 Å². The Kier molecular flexibility index (Phi) is 7.29. The van der Waals surface area contributed by atoms with Gasteiger partial charge in [-0.15, -0.1) is 0 Å². The van der Waals surface area contributed by atoms with Gasteiger partial charge in [0.1, 0.15) is 17.2 Å². The normalized spacial score (nSPS) is 16.3. The Labute approximate surface area is 228 Å². The highest BCUT2D eigenvalue weighted by Gasteiger charge is 2.44. The lowest BCUT2D eigenvalue weighted by atomic mass is 9.74. The fraction of sp³-hybridized carbons (Fsp3) is 0.467. The van der Waals surface area contributed by atoms with Crippen molar-refractivity contribution in [2.45, 2.75) is 57.7 Å². The number of methoxy groups -OCH3 is 1. The number of amides is 2. The highest BCUT2D eigenvalue weighted by Crippen LogP contribution is 2.46. The van der Waals surface area contributed by atoms with Crippen molar-refractivity contribution in [3.63, 3.8) is 0 Å². The van der Waals surface area contributed by atoms with E-state index >= 15 is 0 Å². The lowest BCUT2D eigenvalue weighted by molar-refractivity contribution is 0.0523. The lowest BCUT2D eigenvalue weighted by Crippen LogP contribution is -2.46. The van der Waals surface area contributed by atoms with E-state index in [9.17, 15) is 14.0 Å². The molecule has 1 saturated heterocycles. The van der Waals surface area contributed by atoms with Crippen LogP contribution in [-0.2, 0) is 28.0 Å². The molecule has 1 aromatic heterocycles. The van der Waals surface area contributed by atoms with Crippen molar-refractivity contribution in [2.24, 2.45) is 0 Å². The quantitative estimate of drug-likeness (QED) is 0.478. The topological polar surface area (TPSA) is 82.0 Å². The second-order valence-corrected chi connectivity index (χ2v) is 11.4. The van der Waals surface area contributed by atoms with Gasteiger partial charge in [-0.05, 0) is 57.4 Å². The first kappa shape index (κ1) is 27.0. The van der Waals surface area contributed by atoms with Crippen LogP contribution in [0.2, 0.25) is 0 Å². The lowest BCUT2D eigenvalue weighted by Gasteiger charge is -2.38. The van der Waals surface area contributed by atoms with Gasteiger partial charge in [-0.1, -0.05) is 18.2 Å². The van der Waals surface area contributed by atoms with E-state index in [1.54, 1.807) is 30.0 Å². The molecule has 8 nitrogen and oxygen atoms in total. The van der Waals surface area contributed by atoms with Crippen LogP contribution in [0.4, 0.5) is 9.18 Å². The average Bonchev–Trinajstić information content (AvgIpc) is 3.44.